The number of anilines is 1. The Labute approximate surface area is 106 Å². The number of hydrogen-bond acceptors (Lipinski definition) is 6. The number of hydrogen-bond donors (Lipinski definition) is 2. The minimum absolute atomic E-state index is 0.0417. The van der Waals surface area contributed by atoms with Crippen LogP contribution in [0.1, 0.15) is 12.8 Å². The van der Waals surface area contributed by atoms with E-state index < -0.39 is 4.92 Å². The number of thiazole rings is 1. The summed E-state index contributed by atoms with van der Waals surface area (Å²) < 4.78 is 1.46. The van der Waals surface area contributed by atoms with Crippen LogP contribution in [0.4, 0.5) is 11.6 Å². The molecule has 0 amide bonds. The van der Waals surface area contributed by atoms with Crippen LogP contribution in [-0.4, -0.2) is 32.6 Å². The molecule has 1 aliphatic carbocycles. The van der Waals surface area contributed by atoms with Crippen molar-refractivity contribution >= 4 is 27.9 Å². The molecule has 18 heavy (non-hydrogen) atoms. The summed E-state index contributed by atoms with van der Waals surface area (Å²) in [5, 5.41) is 25.0. The van der Waals surface area contributed by atoms with Crippen LogP contribution in [0.15, 0.2) is 11.6 Å². The molecule has 0 radical (unpaired) electrons. The van der Waals surface area contributed by atoms with Gasteiger partial charge in [0.2, 0.25) is 5.82 Å². The van der Waals surface area contributed by atoms with Crippen LogP contribution in [0.5, 0.6) is 0 Å². The maximum atomic E-state index is 11.1. The molecular formula is C10H12N4O3S. The molecule has 2 N–H and O–H groups in total. The third kappa shape index (κ3) is 1.73. The van der Waals surface area contributed by atoms with Crippen molar-refractivity contribution in [3.8, 4) is 0 Å². The lowest BCUT2D eigenvalue weighted by Gasteiger charge is -2.11. The van der Waals surface area contributed by atoms with E-state index in [1.165, 1.54) is 15.7 Å². The fourth-order valence-corrected chi connectivity index (χ4v) is 2.61. The summed E-state index contributed by atoms with van der Waals surface area (Å²) in [5.74, 6) is 0.242. The van der Waals surface area contributed by atoms with Gasteiger partial charge in [0.15, 0.2) is 0 Å². The van der Waals surface area contributed by atoms with Gasteiger partial charge >= 0.3 is 5.82 Å². The number of aliphatic hydroxyl groups is 1. The lowest BCUT2D eigenvalue weighted by atomic mass is 10.1. The van der Waals surface area contributed by atoms with Gasteiger partial charge < -0.3 is 20.5 Å². The normalized spacial score (nSPS) is 16.9. The Morgan fingerprint density at radius 1 is 1.67 bits per heavy atom. The third-order valence-corrected chi connectivity index (χ3v) is 4.09. The molecule has 0 bridgehead atoms. The maximum absolute atomic E-state index is 11.1. The van der Waals surface area contributed by atoms with Crippen LogP contribution >= 0.6 is 11.3 Å². The first-order chi connectivity index (χ1) is 8.65. The largest absolute Gasteiger partial charge is 0.396 e. The van der Waals surface area contributed by atoms with Crippen LogP contribution in [0.2, 0.25) is 0 Å². The number of fused-ring (bicyclic) bond motifs is 1. The van der Waals surface area contributed by atoms with E-state index in [0.717, 1.165) is 12.8 Å². The van der Waals surface area contributed by atoms with E-state index in [0.29, 0.717) is 11.5 Å². The molecule has 2 aromatic rings. The summed E-state index contributed by atoms with van der Waals surface area (Å²) >= 11 is 1.35. The molecule has 8 heteroatoms. The van der Waals surface area contributed by atoms with E-state index in [4.69, 9.17) is 0 Å². The number of nitrogens with one attached hydrogen (secondary N) is 1. The van der Waals surface area contributed by atoms with Gasteiger partial charge in [0.25, 0.3) is 4.96 Å². The molecule has 0 spiro atoms. The summed E-state index contributed by atoms with van der Waals surface area (Å²) in [6, 6.07) is 0. The second-order valence-electron chi connectivity index (χ2n) is 4.61. The number of aliphatic hydroxyl groups excluding tert-OH is 1. The van der Waals surface area contributed by atoms with Crippen molar-refractivity contribution in [1.82, 2.24) is 9.38 Å². The number of aromatic nitrogens is 2. The quantitative estimate of drug-likeness (QED) is 0.633. The molecule has 0 saturated heterocycles. The van der Waals surface area contributed by atoms with E-state index in [2.05, 4.69) is 10.3 Å². The van der Waals surface area contributed by atoms with E-state index in [1.807, 2.05) is 0 Å². The molecule has 96 valence electrons. The zero-order valence-electron chi connectivity index (χ0n) is 9.50. The predicted octanol–water partition coefficient (Wildman–Crippen LogP) is 1.49. The molecule has 7 nitrogen and oxygen atoms in total. The van der Waals surface area contributed by atoms with Gasteiger partial charge in [-0.05, 0) is 17.8 Å². The molecule has 2 heterocycles. The molecule has 2 aromatic heterocycles. The fraction of sp³-hybridized carbons (Fsp3) is 0.500. The molecule has 3 rings (SSSR count). The fourth-order valence-electron chi connectivity index (χ4n) is 1.91. The first kappa shape index (κ1) is 11.4. The third-order valence-electron chi connectivity index (χ3n) is 3.33. The average molecular weight is 268 g/mol. The van der Waals surface area contributed by atoms with Crippen molar-refractivity contribution in [2.24, 2.45) is 5.41 Å². The van der Waals surface area contributed by atoms with Crippen LogP contribution < -0.4 is 5.32 Å². The minimum atomic E-state index is -0.437. The Bertz CT molecular complexity index is 601. The number of nitro groups is 1. The van der Waals surface area contributed by atoms with Crippen LogP contribution in [-0.2, 0) is 0 Å². The SMILES string of the molecule is O=[N+]([O-])c1c(NCC2(CO)CC2)nc2sccn12. The predicted molar refractivity (Wildman–Crippen MR) is 67.0 cm³/mol. The Morgan fingerprint density at radius 3 is 3.06 bits per heavy atom. The maximum Gasteiger partial charge on any atom is 0.372 e. The molecule has 1 saturated carbocycles. The van der Waals surface area contributed by atoms with Crippen molar-refractivity contribution < 1.29 is 10.0 Å². The Hall–Kier alpha value is -1.67. The highest BCUT2D eigenvalue weighted by atomic mass is 32.1. The van der Waals surface area contributed by atoms with Gasteiger partial charge in [0, 0.05) is 17.3 Å². The monoisotopic (exact) mass is 268 g/mol. The molecule has 0 aromatic carbocycles. The molecular weight excluding hydrogens is 256 g/mol. The Morgan fingerprint density at radius 2 is 2.44 bits per heavy atom. The minimum Gasteiger partial charge on any atom is -0.396 e. The van der Waals surface area contributed by atoms with Gasteiger partial charge in [-0.15, -0.1) is 0 Å². The van der Waals surface area contributed by atoms with Crippen molar-refractivity contribution in [2.45, 2.75) is 12.8 Å². The van der Waals surface area contributed by atoms with Crippen molar-refractivity contribution in [2.75, 3.05) is 18.5 Å². The van der Waals surface area contributed by atoms with Crippen molar-refractivity contribution in [3.63, 3.8) is 0 Å². The highest BCUT2D eigenvalue weighted by Crippen LogP contribution is 2.45. The summed E-state index contributed by atoms with van der Waals surface area (Å²) in [5.41, 5.74) is -0.106. The standard InChI is InChI=1S/C10H12N4O3S/c15-6-10(1-2-10)5-11-7-8(14(16)17)13-3-4-18-9(13)12-7/h3-4,11,15H,1-2,5-6H2. The lowest BCUT2D eigenvalue weighted by Crippen LogP contribution is -2.19. The first-order valence-corrected chi connectivity index (χ1v) is 6.48. The van der Waals surface area contributed by atoms with Crippen LogP contribution in [0.3, 0.4) is 0 Å². The van der Waals surface area contributed by atoms with Gasteiger partial charge in [0.1, 0.15) is 6.20 Å². The van der Waals surface area contributed by atoms with Gasteiger partial charge in [-0.2, -0.15) is 9.38 Å². The van der Waals surface area contributed by atoms with E-state index in [9.17, 15) is 15.2 Å². The van der Waals surface area contributed by atoms with Crippen LogP contribution in [0.25, 0.3) is 4.96 Å². The van der Waals surface area contributed by atoms with Crippen molar-refractivity contribution in [1.29, 1.82) is 0 Å². The Kier molecular flexibility index (Phi) is 2.49. The second kappa shape index (κ2) is 3.92. The van der Waals surface area contributed by atoms with Gasteiger partial charge in [-0.3, -0.25) is 0 Å². The van der Waals surface area contributed by atoms with E-state index in [-0.39, 0.29) is 23.7 Å². The summed E-state index contributed by atoms with van der Waals surface area (Å²) in [4.78, 5) is 15.4. The molecule has 1 fully saturated rings. The number of rotatable bonds is 5. The van der Waals surface area contributed by atoms with Gasteiger partial charge in [0.05, 0.1) is 6.61 Å². The smallest absolute Gasteiger partial charge is 0.372 e. The van der Waals surface area contributed by atoms with E-state index in [1.54, 1.807) is 11.6 Å². The molecule has 1 aliphatic rings. The highest BCUT2D eigenvalue weighted by molar-refractivity contribution is 7.15. The summed E-state index contributed by atoms with van der Waals surface area (Å²) in [6.45, 7) is 0.630. The van der Waals surface area contributed by atoms with Crippen LogP contribution in [0, 0.1) is 15.5 Å². The molecule has 0 aliphatic heterocycles. The number of imidazole rings is 1. The summed E-state index contributed by atoms with van der Waals surface area (Å²) in [6.07, 6.45) is 3.54. The summed E-state index contributed by atoms with van der Waals surface area (Å²) in [7, 11) is 0. The van der Waals surface area contributed by atoms with Crippen molar-refractivity contribution in [3.05, 3.63) is 21.7 Å². The zero-order valence-corrected chi connectivity index (χ0v) is 10.3. The van der Waals surface area contributed by atoms with E-state index >= 15 is 0 Å². The first-order valence-electron chi connectivity index (χ1n) is 5.60. The molecule has 0 atom stereocenters. The highest BCUT2D eigenvalue weighted by Gasteiger charge is 2.42. The topological polar surface area (TPSA) is 92.7 Å². The van der Waals surface area contributed by atoms with Gasteiger partial charge in [-0.25, -0.2) is 0 Å². The number of nitrogens with zero attached hydrogens (tertiary/aromatic N) is 3. The van der Waals surface area contributed by atoms with Gasteiger partial charge in [-0.1, -0.05) is 11.3 Å². The second-order valence-corrected chi connectivity index (χ2v) is 5.48. The zero-order chi connectivity index (χ0) is 12.8. The average Bonchev–Trinajstić information content (AvgIpc) is 2.83. The Balaban J connectivity index is 1.88. The lowest BCUT2D eigenvalue weighted by molar-refractivity contribution is -0.389. The molecule has 0 unspecified atom stereocenters.